The van der Waals surface area contributed by atoms with Crippen LogP contribution in [0.2, 0.25) is 0 Å². The summed E-state index contributed by atoms with van der Waals surface area (Å²) in [6.45, 7) is 0.0962. The second kappa shape index (κ2) is 9.10. The molecule has 6 heteroatoms. The maximum atomic E-state index is 12.4. The van der Waals surface area contributed by atoms with Crippen LogP contribution < -0.4 is 14.8 Å². The molecule has 0 aliphatic carbocycles. The molecule has 3 aromatic rings. The predicted molar refractivity (Wildman–Crippen MR) is 106 cm³/mol. The number of methoxy groups -OCH3 is 2. The summed E-state index contributed by atoms with van der Waals surface area (Å²) in [6.07, 6.45) is 1.06. The minimum atomic E-state index is -0.321. The molecule has 0 unspecified atom stereocenters. The fourth-order valence-corrected chi connectivity index (χ4v) is 2.88. The van der Waals surface area contributed by atoms with Crippen LogP contribution in [0.15, 0.2) is 59.0 Å². The summed E-state index contributed by atoms with van der Waals surface area (Å²) in [6, 6.07) is 16.3. The zero-order valence-electron chi connectivity index (χ0n) is 15.9. The van der Waals surface area contributed by atoms with Gasteiger partial charge in [-0.25, -0.2) is 0 Å². The Morgan fingerprint density at radius 2 is 1.82 bits per heavy atom. The van der Waals surface area contributed by atoms with Crippen molar-refractivity contribution in [2.24, 2.45) is 0 Å². The van der Waals surface area contributed by atoms with Crippen molar-refractivity contribution in [3.63, 3.8) is 0 Å². The van der Waals surface area contributed by atoms with Gasteiger partial charge >= 0.3 is 0 Å². The van der Waals surface area contributed by atoms with E-state index in [-0.39, 0.29) is 18.3 Å². The fourth-order valence-electron chi connectivity index (χ4n) is 2.88. The Hall–Kier alpha value is -3.25. The number of aliphatic hydroxyl groups excluding tert-OH is 1. The Bertz CT molecular complexity index is 930. The molecule has 0 aliphatic heterocycles. The number of ether oxygens (including phenoxy) is 2. The van der Waals surface area contributed by atoms with Crippen LogP contribution in [0.3, 0.4) is 0 Å². The molecule has 6 nitrogen and oxygen atoms in total. The molecule has 28 heavy (non-hydrogen) atoms. The fraction of sp³-hybridized carbons (Fsp3) is 0.227. The maximum absolute atomic E-state index is 12.4. The van der Waals surface area contributed by atoms with Gasteiger partial charge in [0, 0.05) is 24.3 Å². The van der Waals surface area contributed by atoms with Crippen LogP contribution in [0.4, 0.5) is 5.69 Å². The van der Waals surface area contributed by atoms with E-state index in [1.165, 1.54) is 0 Å². The van der Waals surface area contributed by atoms with Gasteiger partial charge in [0.2, 0.25) is 0 Å². The standard InChI is InChI=1S/C22H23NO5/c1-26-18-7-9-20(27-2)16(13-18)14-19-8-10-21(28-19)22(25)23-17-5-3-15(4-6-17)11-12-24/h3-10,13,24H,11-12,14H2,1-2H3,(H,23,25). The third-order valence-electron chi connectivity index (χ3n) is 4.35. The van der Waals surface area contributed by atoms with E-state index in [0.717, 1.165) is 22.6 Å². The monoisotopic (exact) mass is 381 g/mol. The number of carbonyl (C=O) groups is 1. The van der Waals surface area contributed by atoms with Gasteiger partial charge in [-0.3, -0.25) is 4.79 Å². The summed E-state index contributed by atoms with van der Waals surface area (Å²) in [5.41, 5.74) is 2.58. The van der Waals surface area contributed by atoms with Crippen molar-refractivity contribution < 1.29 is 23.8 Å². The second-order valence-electron chi connectivity index (χ2n) is 6.25. The summed E-state index contributed by atoms with van der Waals surface area (Å²) in [7, 11) is 3.22. The van der Waals surface area contributed by atoms with E-state index in [2.05, 4.69) is 5.32 Å². The number of hydrogen-bond donors (Lipinski definition) is 2. The molecule has 0 atom stereocenters. The molecule has 1 aromatic heterocycles. The minimum absolute atomic E-state index is 0.0962. The van der Waals surface area contributed by atoms with Crippen LogP contribution in [0.25, 0.3) is 0 Å². The van der Waals surface area contributed by atoms with Crippen molar-refractivity contribution >= 4 is 11.6 Å². The molecular formula is C22H23NO5. The largest absolute Gasteiger partial charge is 0.497 e. The highest BCUT2D eigenvalue weighted by Gasteiger charge is 2.14. The van der Waals surface area contributed by atoms with Crippen molar-refractivity contribution in [3.8, 4) is 11.5 Å². The summed E-state index contributed by atoms with van der Waals surface area (Å²) >= 11 is 0. The Kier molecular flexibility index (Phi) is 6.34. The quantitative estimate of drug-likeness (QED) is 0.622. The van der Waals surface area contributed by atoms with Gasteiger partial charge in [0.05, 0.1) is 14.2 Å². The normalized spacial score (nSPS) is 10.5. The lowest BCUT2D eigenvalue weighted by atomic mass is 10.1. The number of carbonyl (C=O) groups excluding carboxylic acids is 1. The zero-order valence-corrected chi connectivity index (χ0v) is 15.9. The molecule has 2 N–H and O–H groups in total. The van der Waals surface area contributed by atoms with Gasteiger partial charge in [-0.2, -0.15) is 0 Å². The molecule has 0 saturated carbocycles. The average molecular weight is 381 g/mol. The number of nitrogens with one attached hydrogen (secondary N) is 1. The molecule has 1 heterocycles. The van der Waals surface area contributed by atoms with Crippen molar-refractivity contribution in [3.05, 3.63) is 77.2 Å². The topological polar surface area (TPSA) is 80.9 Å². The van der Waals surface area contributed by atoms with Crippen LogP contribution in [0, 0.1) is 0 Å². The van der Waals surface area contributed by atoms with E-state index < -0.39 is 0 Å². The maximum Gasteiger partial charge on any atom is 0.291 e. The summed E-state index contributed by atoms with van der Waals surface area (Å²) in [4.78, 5) is 12.4. The summed E-state index contributed by atoms with van der Waals surface area (Å²) in [5, 5.41) is 11.8. The van der Waals surface area contributed by atoms with E-state index in [1.807, 2.05) is 30.3 Å². The van der Waals surface area contributed by atoms with Crippen molar-refractivity contribution in [1.82, 2.24) is 0 Å². The van der Waals surface area contributed by atoms with Gasteiger partial charge in [-0.1, -0.05) is 12.1 Å². The van der Waals surface area contributed by atoms with Crippen molar-refractivity contribution in [2.45, 2.75) is 12.8 Å². The molecule has 2 aromatic carbocycles. The smallest absolute Gasteiger partial charge is 0.291 e. The second-order valence-corrected chi connectivity index (χ2v) is 6.25. The highest BCUT2D eigenvalue weighted by atomic mass is 16.5. The highest BCUT2D eigenvalue weighted by molar-refractivity contribution is 6.02. The molecule has 1 amide bonds. The SMILES string of the molecule is COc1ccc(OC)c(Cc2ccc(C(=O)Nc3ccc(CCO)cc3)o2)c1. The van der Waals surface area contributed by atoms with Crippen LogP contribution >= 0.6 is 0 Å². The summed E-state index contributed by atoms with van der Waals surface area (Å²) < 4.78 is 16.4. The van der Waals surface area contributed by atoms with Crippen LogP contribution in [0.5, 0.6) is 11.5 Å². The van der Waals surface area contributed by atoms with E-state index in [4.69, 9.17) is 19.0 Å². The van der Waals surface area contributed by atoms with E-state index in [1.54, 1.807) is 38.5 Å². The first kappa shape index (κ1) is 19.5. The predicted octanol–water partition coefficient (Wildman–Crippen LogP) is 3.67. The van der Waals surface area contributed by atoms with E-state index in [0.29, 0.717) is 24.3 Å². The number of rotatable bonds is 8. The van der Waals surface area contributed by atoms with Crippen LogP contribution in [-0.2, 0) is 12.8 Å². The van der Waals surface area contributed by atoms with Gasteiger partial charge < -0.3 is 24.3 Å². The third kappa shape index (κ3) is 4.72. The van der Waals surface area contributed by atoms with Gasteiger partial charge in [-0.05, 0) is 54.4 Å². The lowest BCUT2D eigenvalue weighted by Crippen LogP contribution is -2.10. The zero-order chi connectivity index (χ0) is 19.9. The third-order valence-corrected chi connectivity index (χ3v) is 4.35. The number of amides is 1. The van der Waals surface area contributed by atoms with Gasteiger partial charge in [0.15, 0.2) is 5.76 Å². The Balaban J connectivity index is 1.69. The van der Waals surface area contributed by atoms with E-state index in [9.17, 15) is 4.79 Å². The molecule has 0 fully saturated rings. The van der Waals surface area contributed by atoms with Gasteiger partial charge in [0.25, 0.3) is 5.91 Å². The number of anilines is 1. The Morgan fingerprint density at radius 3 is 2.50 bits per heavy atom. The number of aliphatic hydroxyl groups is 1. The average Bonchev–Trinajstić information content (AvgIpc) is 3.18. The molecule has 0 radical (unpaired) electrons. The van der Waals surface area contributed by atoms with Crippen molar-refractivity contribution in [2.75, 3.05) is 26.1 Å². The first-order valence-corrected chi connectivity index (χ1v) is 8.93. The lowest BCUT2D eigenvalue weighted by Gasteiger charge is -2.09. The summed E-state index contributed by atoms with van der Waals surface area (Å²) in [5.74, 6) is 2.01. The molecule has 0 saturated heterocycles. The number of furan rings is 1. The molecule has 0 spiro atoms. The van der Waals surface area contributed by atoms with Crippen LogP contribution in [0.1, 0.15) is 27.4 Å². The minimum Gasteiger partial charge on any atom is -0.497 e. The number of hydrogen-bond acceptors (Lipinski definition) is 5. The van der Waals surface area contributed by atoms with Gasteiger partial charge in [0.1, 0.15) is 17.3 Å². The molecule has 0 bridgehead atoms. The molecular weight excluding hydrogens is 358 g/mol. The molecule has 0 aliphatic rings. The first-order chi connectivity index (χ1) is 13.6. The van der Waals surface area contributed by atoms with E-state index >= 15 is 0 Å². The van der Waals surface area contributed by atoms with Crippen LogP contribution in [-0.4, -0.2) is 31.8 Å². The highest BCUT2D eigenvalue weighted by Crippen LogP contribution is 2.27. The Labute approximate surface area is 163 Å². The first-order valence-electron chi connectivity index (χ1n) is 8.93. The Morgan fingerprint density at radius 1 is 1.04 bits per heavy atom. The molecule has 3 rings (SSSR count). The number of benzene rings is 2. The molecule has 146 valence electrons. The van der Waals surface area contributed by atoms with Crippen molar-refractivity contribution in [1.29, 1.82) is 0 Å². The lowest BCUT2D eigenvalue weighted by molar-refractivity contribution is 0.0995. The van der Waals surface area contributed by atoms with Gasteiger partial charge in [-0.15, -0.1) is 0 Å².